The van der Waals surface area contributed by atoms with E-state index in [1.54, 1.807) is 42.5 Å². The quantitative estimate of drug-likeness (QED) is 0.322. The number of rotatable bonds is 4. The van der Waals surface area contributed by atoms with Crippen molar-refractivity contribution in [2.45, 2.75) is 0 Å². The zero-order chi connectivity index (χ0) is 22.8. The maximum atomic E-state index is 13.3. The second-order valence-electron chi connectivity index (χ2n) is 7.08. The molecule has 0 unspecified atom stereocenters. The number of benzene rings is 3. The summed E-state index contributed by atoms with van der Waals surface area (Å²) in [6.07, 6.45) is 1.42. The Hall–Kier alpha value is -3.75. The maximum Gasteiger partial charge on any atom is 0.266 e. The fraction of sp³-hybridized carbons (Fsp3) is 0.0417. The molecule has 2 heterocycles. The number of hydrogen-bond acceptors (Lipinski definition) is 6. The lowest BCUT2D eigenvalue weighted by molar-refractivity contribution is -0.115. The third-order valence-corrected chi connectivity index (χ3v) is 6.15. The van der Waals surface area contributed by atoms with Gasteiger partial charge in [-0.15, -0.1) is 5.10 Å². The molecule has 33 heavy (non-hydrogen) atoms. The zero-order valence-corrected chi connectivity index (χ0v) is 18.7. The summed E-state index contributed by atoms with van der Waals surface area (Å²) in [6, 6.07) is 23.3. The third-order valence-electron chi connectivity index (χ3n) is 4.98. The lowest BCUT2D eigenvalue weighted by Crippen LogP contribution is -2.29. The van der Waals surface area contributed by atoms with Crippen LogP contribution >= 0.6 is 23.4 Å². The lowest BCUT2D eigenvalue weighted by atomic mass is 10.2. The molecule has 9 heteroatoms. The van der Waals surface area contributed by atoms with Gasteiger partial charge in [-0.05, 0) is 48.5 Å². The van der Waals surface area contributed by atoms with Gasteiger partial charge in [0.2, 0.25) is 5.91 Å². The Morgan fingerprint density at radius 3 is 2.42 bits per heavy atom. The van der Waals surface area contributed by atoms with Crippen molar-refractivity contribution >= 4 is 57.2 Å². The SMILES string of the molecule is O=C1CS/C(=N\N=C\c2nc3ccccc3c(=O)n2-c2ccc(Cl)cc2)N1c1ccccc1. The number of fused-ring (bicyclic) bond motifs is 1. The van der Waals surface area contributed by atoms with E-state index < -0.39 is 0 Å². The topological polar surface area (TPSA) is 79.9 Å². The Bertz CT molecular complexity index is 1470. The molecule has 3 aromatic carbocycles. The molecule has 0 radical (unpaired) electrons. The maximum absolute atomic E-state index is 13.3. The summed E-state index contributed by atoms with van der Waals surface area (Å²) >= 11 is 7.33. The van der Waals surface area contributed by atoms with E-state index in [4.69, 9.17) is 11.6 Å². The molecule has 0 aliphatic carbocycles. The van der Waals surface area contributed by atoms with Gasteiger partial charge in [0, 0.05) is 5.02 Å². The van der Waals surface area contributed by atoms with Crippen LogP contribution in [0.5, 0.6) is 0 Å². The van der Waals surface area contributed by atoms with Crippen LogP contribution in [0.25, 0.3) is 16.6 Å². The van der Waals surface area contributed by atoms with Gasteiger partial charge in [0.15, 0.2) is 11.0 Å². The molecule has 0 bridgehead atoms. The number of hydrogen-bond donors (Lipinski definition) is 0. The summed E-state index contributed by atoms with van der Waals surface area (Å²) < 4.78 is 1.46. The Balaban J connectivity index is 1.58. The van der Waals surface area contributed by atoms with Gasteiger partial charge in [0.25, 0.3) is 5.56 Å². The highest BCUT2D eigenvalue weighted by Crippen LogP contribution is 2.26. The molecule has 0 N–H and O–H groups in total. The van der Waals surface area contributed by atoms with Crippen LogP contribution in [0.3, 0.4) is 0 Å². The Morgan fingerprint density at radius 1 is 0.909 bits per heavy atom. The number of aromatic nitrogens is 2. The van der Waals surface area contributed by atoms with Gasteiger partial charge in [0.1, 0.15) is 0 Å². The number of amides is 1. The summed E-state index contributed by atoms with van der Waals surface area (Å²) in [5.41, 5.74) is 1.66. The van der Waals surface area contributed by atoms with Crippen LogP contribution in [0.15, 0.2) is 93.9 Å². The van der Waals surface area contributed by atoms with E-state index in [2.05, 4.69) is 15.2 Å². The van der Waals surface area contributed by atoms with Crippen LogP contribution < -0.4 is 10.5 Å². The van der Waals surface area contributed by atoms with Gasteiger partial charge in [-0.25, -0.2) is 4.98 Å². The zero-order valence-electron chi connectivity index (χ0n) is 17.1. The Labute approximate surface area is 198 Å². The molecule has 0 spiro atoms. The highest BCUT2D eigenvalue weighted by atomic mass is 35.5. The molecule has 0 atom stereocenters. The van der Waals surface area contributed by atoms with Crippen molar-refractivity contribution in [2.75, 3.05) is 10.7 Å². The van der Waals surface area contributed by atoms with E-state index in [1.165, 1.54) is 27.4 Å². The summed E-state index contributed by atoms with van der Waals surface area (Å²) in [7, 11) is 0. The first-order valence-corrected chi connectivity index (χ1v) is 11.4. The number of halogens is 1. The van der Waals surface area contributed by atoms with Crippen LogP contribution in [0, 0.1) is 0 Å². The van der Waals surface area contributed by atoms with Gasteiger partial charge in [0.05, 0.1) is 34.2 Å². The first-order chi connectivity index (χ1) is 16.1. The second-order valence-corrected chi connectivity index (χ2v) is 8.46. The third kappa shape index (κ3) is 4.18. The van der Waals surface area contributed by atoms with Crippen LogP contribution in [-0.4, -0.2) is 32.6 Å². The molecule has 1 aliphatic rings. The van der Waals surface area contributed by atoms with Crippen molar-refractivity contribution in [3.8, 4) is 5.69 Å². The van der Waals surface area contributed by atoms with Crippen molar-refractivity contribution in [1.82, 2.24) is 9.55 Å². The van der Waals surface area contributed by atoms with Crippen molar-refractivity contribution < 1.29 is 4.79 Å². The van der Waals surface area contributed by atoms with E-state index in [-0.39, 0.29) is 17.2 Å². The van der Waals surface area contributed by atoms with Gasteiger partial charge in [-0.1, -0.05) is 53.7 Å². The average Bonchev–Trinajstić information content (AvgIpc) is 3.21. The molecule has 0 saturated carbocycles. The van der Waals surface area contributed by atoms with E-state index in [1.807, 2.05) is 36.4 Å². The van der Waals surface area contributed by atoms with Gasteiger partial charge in [-0.3, -0.25) is 19.1 Å². The standard InChI is InChI=1S/C24H16ClN5O2S/c25-16-10-12-18(13-11-16)29-21(27-20-9-5-4-8-19(20)23(29)32)14-26-28-24-30(22(31)15-33-24)17-6-2-1-3-7-17/h1-14H,15H2/b26-14+,28-24-. The minimum Gasteiger partial charge on any atom is -0.273 e. The number of carbonyl (C=O) groups excluding carboxylic acids is 1. The molecule has 1 saturated heterocycles. The summed E-state index contributed by atoms with van der Waals surface area (Å²) in [4.78, 5) is 31.8. The molecule has 162 valence electrons. The first-order valence-electron chi connectivity index (χ1n) is 10.0. The normalized spacial score (nSPS) is 15.2. The van der Waals surface area contributed by atoms with E-state index >= 15 is 0 Å². The fourth-order valence-corrected chi connectivity index (χ4v) is 4.42. The Kier molecular flexibility index (Phi) is 5.77. The number of nitrogens with zero attached hydrogens (tertiary/aromatic N) is 5. The minimum absolute atomic E-state index is 0.0675. The number of anilines is 1. The predicted molar refractivity (Wildman–Crippen MR) is 134 cm³/mol. The molecule has 7 nitrogen and oxygen atoms in total. The van der Waals surface area contributed by atoms with Crippen molar-refractivity contribution in [3.63, 3.8) is 0 Å². The fourth-order valence-electron chi connectivity index (χ4n) is 3.47. The van der Waals surface area contributed by atoms with Crippen LogP contribution in [-0.2, 0) is 4.79 Å². The minimum atomic E-state index is -0.228. The summed E-state index contributed by atoms with van der Waals surface area (Å²) in [5.74, 6) is 0.528. The number of thioether (sulfide) groups is 1. The Morgan fingerprint density at radius 2 is 1.64 bits per heavy atom. The van der Waals surface area contributed by atoms with Crippen molar-refractivity contribution in [2.24, 2.45) is 10.2 Å². The summed E-state index contributed by atoms with van der Waals surface area (Å²) in [6.45, 7) is 0. The molecular weight excluding hydrogens is 458 g/mol. The first kappa shape index (κ1) is 21.1. The molecule has 5 rings (SSSR count). The van der Waals surface area contributed by atoms with Gasteiger partial charge in [-0.2, -0.15) is 5.10 Å². The summed E-state index contributed by atoms with van der Waals surface area (Å²) in [5, 5.41) is 9.96. The number of para-hydroxylation sites is 2. The highest BCUT2D eigenvalue weighted by molar-refractivity contribution is 8.15. The van der Waals surface area contributed by atoms with Crippen molar-refractivity contribution in [3.05, 3.63) is 100 Å². The van der Waals surface area contributed by atoms with E-state index in [0.29, 0.717) is 32.6 Å². The number of amidine groups is 1. The molecular formula is C24H16ClN5O2S. The lowest BCUT2D eigenvalue weighted by Gasteiger charge is -2.14. The van der Waals surface area contributed by atoms with Crippen LogP contribution in [0.1, 0.15) is 5.82 Å². The van der Waals surface area contributed by atoms with Crippen LogP contribution in [0.2, 0.25) is 5.02 Å². The monoisotopic (exact) mass is 473 g/mol. The van der Waals surface area contributed by atoms with Crippen LogP contribution in [0.4, 0.5) is 5.69 Å². The van der Waals surface area contributed by atoms with Gasteiger partial charge < -0.3 is 0 Å². The highest BCUT2D eigenvalue weighted by Gasteiger charge is 2.29. The van der Waals surface area contributed by atoms with E-state index in [0.717, 1.165) is 5.69 Å². The number of carbonyl (C=O) groups is 1. The predicted octanol–water partition coefficient (Wildman–Crippen LogP) is 4.51. The van der Waals surface area contributed by atoms with E-state index in [9.17, 15) is 9.59 Å². The smallest absolute Gasteiger partial charge is 0.266 e. The molecule has 1 aromatic heterocycles. The average molecular weight is 474 g/mol. The molecule has 4 aromatic rings. The second kappa shape index (κ2) is 9.01. The largest absolute Gasteiger partial charge is 0.273 e. The van der Waals surface area contributed by atoms with Crippen molar-refractivity contribution in [1.29, 1.82) is 0 Å². The molecule has 1 amide bonds. The molecule has 1 fully saturated rings. The van der Waals surface area contributed by atoms with Gasteiger partial charge >= 0.3 is 0 Å². The molecule has 1 aliphatic heterocycles.